The summed E-state index contributed by atoms with van der Waals surface area (Å²) in [5.74, 6) is -0.581. The van der Waals surface area contributed by atoms with Gasteiger partial charge in [-0.25, -0.2) is 9.59 Å². The van der Waals surface area contributed by atoms with E-state index in [0.29, 0.717) is 51.6 Å². The van der Waals surface area contributed by atoms with Crippen molar-refractivity contribution in [2.45, 2.75) is 96.9 Å². The fourth-order valence-corrected chi connectivity index (χ4v) is 4.41. The van der Waals surface area contributed by atoms with E-state index in [4.69, 9.17) is 9.47 Å². The molecule has 0 aromatic carbocycles. The second kappa shape index (κ2) is 16.7. The average molecular weight is 590 g/mol. The minimum atomic E-state index is -0.916. The molecule has 2 N–H and O–H groups in total. The molecule has 0 saturated carbocycles. The quantitative estimate of drug-likeness (QED) is 0.334. The first-order valence-corrected chi connectivity index (χ1v) is 14.6. The Bertz CT molecular complexity index is 1040. The zero-order valence-corrected chi connectivity index (χ0v) is 25.8. The summed E-state index contributed by atoms with van der Waals surface area (Å²) in [4.78, 5) is 69.5. The molecule has 42 heavy (non-hydrogen) atoms. The van der Waals surface area contributed by atoms with Crippen LogP contribution in [0, 0.1) is 5.92 Å². The van der Waals surface area contributed by atoms with Crippen molar-refractivity contribution in [2.24, 2.45) is 5.92 Å². The van der Waals surface area contributed by atoms with E-state index < -0.39 is 41.9 Å². The number of likely N-dealkylation sites (tertiary alicyclic amines) is 1. The minimum absolute atomic E-state index is 0.0726. The molecule has 234 valence electrons. The van der Waals surface area contributed by atoms with Gasteiger partial charge in [-0.3, -0.25) is 14.6 Å². The van der Waals surface area contributed by atoms with Crippen molar-refractivity contribution in [3.8, 4) is 0 Å². The third-order valence-corrected chi connectivity index (χ3v) is 6.76. The highest BCUT2D eigenvalue weighted by Gasteiger charge is 2.30. The number of pyridine rings is 1. The van der Waals surface area contributed by atoms with Crippen LogP contribution in [0.5, 0.6) is 0 Å². The molecule has 1 aliphatic rings. The Morgan fingerprint density at radius 2 is 1.76 bits per heavy atom. The second-order valence-corrected chi connectivity index (χ2v) is 12.1. The molecule has 0 radical (unpaired) electrons. The summed E-state index contributed by atoms with van der Waals surface area (Å²) in [7, 11) is 1.70. The van der Waals surface area contributed by atoms with Crippen molar-refractivity contribution < 1.29 is 33.4 Å². The van der Waals surface area contributed by atoms with Crippen LogP contribution in [-0.2, 0) is 30.3 Å². The van der Waals surface area contributed by atoms with Crippen LogP contribution in [0.4, 0.5) is 9.59 Å². The van der Waals surface area contributed by atoms with Gasteiger partial charge in [0.25, 0.3) is 0 Å². The molecule has 0 bridgehead atoms. The van der Waals surface area contributed by atoms with E-state index in [9.17, 15) is 24.0 Å². The number of piperidine rings is 1. The highest BCUT2D eigenvalue weighted by molar-refractivity contribution is 5.87. The summed E-state index contributed by atoms with van der Waals surface area (Å²) in [6, 6.07) is 1.99. The molecule has 0 aliphatic carbocycles. The minimum Gasteiger partial charge on any atom is -0.446 e. The number of carbonyl (C=O) groups excluding carboxylic acids is 5. The standard InChI is InChI=1S/C30H47N5O7/c1-21(2)19-25(33-28(39)41-24-12-17-35(18-13-24)29(40)42-30(3,4)5)27(38)32-23(20-36)7-8-26(37)34(6)16-11-22-9-14-31-15-10-22/h9-10,14-15,20-21,23-25H,7-8,11-13,16-19H2,1-6H3,(H,32,38)(H,33,39)/t23-,25-/m0/s1. The van der Waals surface area contributed by atoms with Crippen molar-refractivity contribution in [3.63, 3.8) is 0 Å². The van der Waals surface area contributed by atoms with Crippen molar-refractivity contribution in [1.29, 1.82) is 0 Å². The summed E-state index contributed by atoms with van der Waals surface area (Å²) in [6.07, 6.45) is 4.60. The molecule has 1 aromatic rings. The number of alkyl carbamates (subject to hydrolysis) is 1. The van der Waals surface area contributed by atoms with Crippen LogP contribution in [0.3, 0.4) is 0 Å². The zero-order chi connectivity index (χ0) is 31.3. The third-order valence-electron chi connectivity index (χ3n) is 6.76. The molecule has 4 amide bonds. The van der Waals surface area contributed by atoms with E-state index in [2.05, 4.69) is 15.6 Å². The van der Waals surface area contributed by atoms with Gasteiger partial charge in [-0.1, -0.05) is 13.8 Å². The van der Waals surface area contributed by atoms with Gasteiger partial charge in [0.2, 0.25) is 11.8 Å². The monoisotopic (exact) mass is 589 g/mol. The van der Waals surface area contributed by atoms with Gasteiger partial charge in [-0.2, -0.15) is 0 Å². The van der Waals surface area contributed by atoms with E-state index in [-0.39, 0.29) is 24.7 Å². The molecule has 1 fully saturated rings. The number of hydrogen-bond donors (Lipinski definition) is 2. The van der Waals surface area contributed by atoms with Gasteiger partial charge in [0, 0.05) is 58.3 Å². The molecule has 2 heterocycles. The Hall–Kier alpha value is -3.70. The average Bonchev–Trinajstić information content (AvgIpc) is 2.93. The van der Waals surface area contributed by atoms with Gasteiger partial charge in [-0.15, -0.1) is 0 Å². The highest BCUT2D eigenvalue weighted by Crippen LogP contribution is 2.18. The first kappa shape index (κ1) is 34.5. The fraction of sp³-hybridized carbons (Fsp3) is 0.667. The molecule has 2 atom stereocenters. The number of hydrogen-bond acceptors (Lipinski definition) is 8. The van der Waals surface area contributed by atoms with Crippen LogP contribution in [0.15, 0.2) is 24.5 Å². The Kier molecular flexibility index (Phi) is 13.7. The Morgan fingerprint density at radius 1 is 1.12 bits per heavy atom. The predicted molar refractivity (Wildman–Crippen MR) is 156 cm³/mol. The highest BCUT2D eigenvalue weighted by atomic mass is 16.6. The van der Waals surface area contributed by atoms with Gasteiger partial charge in [0.15, 0.2) is 0 Å². The fourth-order valence-electron chi connectivity index (χ4n) is 4.41. The van der Waals surface area contributed by atoms with Crippen LogP contribution in [0.1, 0.15) is 72.3 Å². The Morgan fingerprint density at radius 3 is 2.33 bits per heavy atom. The molecule has 0 unspecified atom stereocenters. The van der Waals surface area contributed by atoms with Crippen molar-refractivity contribution in [2.75, 3.05) is 26.7 Å². The maximum Gasteiger partial charge on any atom is 0.410 e. The summed E-state index contributed by atoms with van der Waals surface area (Å²) < 4.78 is 10.9. The van der Waals surface area contributed by atoms with Crippen LogP contribution in [-0.4, -0.2) is 95.5 Å². The summed E-state index contributed by atoms with van der Waals surface area (Å²) in [5.41, 5.74) is 0.474. The number of likely N-dealkylation sites (N-methyl/N-ethyl adjacent to an activating group) is 1. The number of aromatic nitrogens is 1. The van der Waals surface area contributed by atoms with Gasteiger partial charge in [0.05, 0.1) is 6.04 Å². The lowest BCUT2D eigenvalue weighted by Gasteiger charge is -2.33. The maximum atomic E-state index is 13.0. The summed E-state index contributed by atoms with van der Waals surface area (Å²) in [6.45, 7) is 10.5. The van der Waals surface area contributed by atoms with Gasteiger partial charge >= 0.3 is 12.2 Å². The van der Waals surface area contributed by atoms with Crippen LogP contribution in [0.2, 0.25) is 0 Å². The molecule has 2 rings (SSSR count). The molecular weight excluding hydrogens is 542 g/mol. The SMILES string of the molecule is CC(C)C[C@H](NC(=O)OC1CCN(C(=O)OC(C)(C)C)CC1)C(=O)N[C@H](C=O)CCC(=O)N(C)CCc1ccncc1. The lowest BCUT2D eigenvalue weighted by atomic mass is 10.0. The maximum absolute atomic E-state index is 13.0. The van der Waals surface area contributed by atoms with Gasteiger partial charge in [0.1, 0.15) is 24.0 Å². The lowest BCUT2D eigenvalue weighted by Crippen LogP contribution is -2.51. The summed E-state index contributed by atoms with van der Waals surface area (Å²) in [5, 5.41) is 5.29. The molecule has 1 aromatic heterocycles. The van der Waals surface area contributed by atoms with Crippen molar-refractivity contribution in [3.05, 3.63) is 30.1 Å². The van der Waals surface area contributed by atoms with Gasteiger partial charge < -0.3 is 34.7 Å². The largest absolute Gasteiger partial charge is 0.446 e. The molecule has 0 spiro atoms. The molecular formula is C30H47N5O7. The van der Waals surface area contributed by atoms with E-state index in [1.54, 1.807) is 50.0 Å². The number of ether oxygens (including phenoxy) is 2. The topological polar surface area (TPSA) is 147 Å². The lowest BCUT2D eigenvalue weighted by molar-refractivity contribution is -0.131. The van der Waals surface area contributed by atoms with Crippen LogP contribution < -0.4 is 10.6 Å². The smallest absolute Gasteiger partial charge is 0.410 e. The molecule has 1 saturated heterocycles. The first-order valence-electron chi connectivity index (χ1n) is 14.6. The van der Waals surface area contributed by atoms with Crippen LogP contribution in [0.25, 0.3) is 0 Å². The van der Waals surface area contributed by atoms with Gasteiger partial charge in [-0.05, 0) is 63.6 Å². The van der Waals surface area contributed by atoms with E-state index in [0.717, 1.165) is 5.56 Å². The number of carbonyl (C=O) groups is 5. The van der Waals surface area contributed by atoms with E-state index in [1.165, 1.54) is 0 Å². The number of aldehydes is 1. The normalized spacial score (nSPS) is 15.4. The second-order valence-electron chi connectivity index (χ2n) is 12.1. The van der Waals surface area contributed by atoms with E-state index in [1.807, 2.05) is 26.0 Å². The predicted octanol–water partition coefficient (Wildman–Crippen LogP) is 3.09. The number of nitrogens with zero attached hydrogens (tertiary/aromatic N) is 3. The number of rotatable bonds is 13. The Labute approximate surface area is 248 Å². The van der Waals surface area contributed by atoms with Crippen molar-refractivity contribution in [1.82, 2.24) is 25.4 Å². The number of nitrogens with one attached hydrogen (secondary N) is 2. The summed E-state index contributed by atoms with van der Waals surface area (Å²) >= 11 is 0. The number of amides is 4. The first-order chi connectivity index (χ1) is 19.8. The zero-order valence-electron chi connectivity index (χ0n) is 25.8. The molecule has 12 nitrogen and oxygen atoms in total. The Balaban J connectivity index is 1.82. The van der Waals surface area contributed by atoms with E-state index >= 15 is 0 Å². The molecule has 1 aliphatic heterocycles. The van der Waals surface area contributed by atoms with Crippen LogP contribution >= 0.6 is 0 Å². The van der Waals surface area contributed by atoms with Crippen molar-refractivity contribution >= 4 is 30.3 Å². The molecule has 12 heteroatoms. The third kappa shape index (κ3) is 12.9.